The van der Waals surface area contributed by atoms with E-state index >= 15 is 0 Å². The lowest BCUT2D eigenvalue weighted by Crippen LogP contribution is -2.12. The molecule has 5 nitrogen and oxygen atoms in total. The number of nitrogens with zero attached hydrogens (tertiary/aromatic N) is 2. The summed E-state index contributed by atoms with van der Waals surface area (Å²) in [4.78, 5) is 15.7. The molecule has 0 saturated heterocycles. The fraction of sp³-hybridized carbons (Fsp3) is 0.263. The molecule has 1 aromatic heterocycles. The quantitative estimate of drug-likeness (QED) is 0.746. The van der Waals surface area contributed by atoms with Crippen LogP contribution in [0.5, 0.6) is 5.75 Å². The Morgan fingerprint density at radius 1 is 1.21 bits per heavy atom. The molecule has 3 aromatic rings. The molecule has 0 radical (unpaired) electrons. The van der Waals surface area contributed by atoms with Crippen molar-refractivity contribution in [1.29, 1.82) is 0 Å². The molecule has 0 spiro atoms. The predicted molar refractivity (Wildman–Crippen MR) is 92.7 cm³/mol. The molecule has 0 atom stereocenters. The maximum atomic E-state index is 11.0. The Morgan fingerprint density at radius 3 is 2.75 bits per heavy atom. The van der Waals surface area contributed by atoms with Gasteiger partial charge in [0, 0.05) is 5.92 Å². The zero-order valence-electron chi connectivity index (χ0n) is 13.8. The molecule has 0 fully saturated rings. The summed E-state index contributed by atoms with van der Waals surface area (Å²) in [5.74, 6) is 0.945. The van der Waals surface area contributed by atoms with Crippen LogP contribution in [0.3, 0.4) is 0 Å². The average molecular weight is 324 g/mol. The van der Waals surface area contributed by atoms with Gasteiger partial charge in [-0.3, -0.25) is 0 Å². The highest BCUT2D eigenvalue weighted by molar-refractivity contribution is 5.88. The van der Waals surface area contributed by atoms with Gasteiger partial charge in [-0.05, 0) is 30.3 Å². The van der Waals surface area contributed by atoms with Crippen LogP contribution in [0.1, 0.15) is 35.9 Å². The minimum Gasteiger partial charge on any atom is -0.492 e. The summed E-state index contributed by atoms with van der Waals surface area (Å²) in [7, 11) is 0. The predicted octanol–water partition coefficient (Wildman–Crippen LogP) is 3.94. The normalized spacial score (nSPS) is 11.1. The van der Waals surface area contributed by atoms with Gasteiger partial charge in [-0.2, -0.15) is 0 Å². The van der Waals surface area contributed by atoms with Crippen LogP contribution in [-0.4, -0.2) is 27.2 Å². The lowest BCUT2D eigenvalue weighted by Gasteiger charge is -2.12. The van der Waals surface area contributed by atoms with Gasteiger partial charge in [0.1, 0.15) is 18.2 Å². The van der Waals surface area contributed by atoms with Gasteiger partial charge in [-0.25, -0.2) is 9.78 Å². The number of carbonyl (C=O) groups is 1. The first kappa shape index (κ1) is 16.1. The van der Waals surface area contributed by atoms with Crippen molar-refractivity contribution in [3.8, 4) is 5.75 Å². The third kappa shape index (κ3) is 3.25. The SMILES string of the molecule is CC(C)c1nc2ccccc2n1CCOc1cccc(C(=O)O)c1. The van der Waals surface area contributed by atoms with Gasteiger partial charge in [0.25, 0.3) is 0 Å². The smallest absolute Gasteiger partial charge is 0.335 e. The number of rotatable bonds is 6. The molecule has 2 aromatic carbocycles. The summed E-state index contributed by atoms with van der Waals surface area (Å²) >= 11 is 0. The number of fused-ring (bicyclic) bond motifs is 1. The molecule has 0 aliphatic rings. The van der Waals surface area contributed by atoms with E-state index < -0.39 is 5.97 Å². The van der Waals surface area contributed by atoms with Crippen LogP contribution in [0.4, 0.5) is 0 Å². The lowest BCUT2D eigenvalue weighted by molar-refractivity contribution is 0.0696. The largest absolute Gasteiger partial charge is 0.492 e. The molecule has 3 rings (SSSR count). The molecule has 1 N–H and O–H groups in total. The molecule has 5 heteroatoms. The Hall–Kier alpha value is -2.82. The molecule has 0 saturated carbocycles. The zero-order chi connectivity index (χ0) is 17.1. The van der Waals surface area contributed by atoms with Crippen LogP contribution in [-0.2, 0) is 6.54 Å². The summed E-state index contributed by atoms with van der Waals surface area (Å²) in [6.07, 6.45) is 0. The summed E-state index contributed by atoms with van der Waals surface area (Å²) < 4.78 is 7.91. The van der Waals surface area contributed by atoms with E-state index in [1.165, 1.54) is 6.07 Å². The number of imidazole rings is 1. The average Bonchev–Trinajstić information content (AvgIpc) is 2.94. The molecule has 24 heavy (non-hydrogen) atoms. The third-order valence-electron chi connectivity index (χ3n) is 3.87. The Kier molecular flexibility index (Phi) is 4.51. The van der Waals surface area contributed by atoms with E-state index in [9.17, 15) is 4.79 Å². The molecule has 1 heterocycles. The summed E-state index contributed by atoms with van der Waals surface area (Å²) in [6.45, 7) is 5.35. The van der Waals surface area contributed by atoms with Crippen molar-refractivity contribution in [2.75, 3.05) is 6.61 Å². The summed E-state index contributed by atoms with van der Waals surface area (Å²) in [5.41, 5.74) is 2.29. The van der Waals surface area contributed by atoms with Gasteiger partial charge in [0.05, 0.1) is 23.1 Å². The maximum Gasteiger partial charge on any atom is 0.335 e. The first-order chi connectivity index (χ1) is 11.6. The first-order valence-corrected chi connectivity index (χ1v) is 7.97. The molecule has 0 aliphatic heterocycles. The second-order valence-corrected chi connectivity index (χ2v) is 5.95. The van der Waals surface area contributed by atoms with Crippen molar-refractivity contribution < 1.29 is 14.6 Å². The van der Waals surface area contributed by atoms with Crippen molar-refractivity contribution in [2.45, 2.75) is 26.3 Å². The van der Waals surface area contributed by atoms with Crippen molar-refractivity contribution in [1.82, 2.24) is 9.55 Å². The fourth-order valence-electron chi connectivity index (χ4n) is 2.74. The van der Waals surface area contributed by atoms with E-state index in [4.69, 9.17) is 14.8 Å². The van der Waals surface area contributed by atoms with Gasteiger partial charge in [0.15, 0.2) is 0 Å². The third-order valence-corrected chi connectivity index (χ3v) is 3.87. The zero-order valence-corrected chi connectivity index (χ0v) is 13.8. The number of benzene rings is 2. The van der Waals surface area contributed by atoms with Crippen molar-refractivity contribution in [3.63, 3.8) is 0 Å². The van der Waals surface area contributed by atoms with Crippen LogP contribution in [0, 0.1) is 0 Å². The van der Waals surface area contributed by atoms with Crippen molar-refractivity contribution in [3.05, 3.63) is 59.9 Å². The minimum absolute atomic E-state index is 0.225. The van der Waals surface area contributed by atoms with Gasteiger partial charge >= 0.3 is 5.97 Å². The number of carboxylic acid groups (broad SMARTS) is 1. The Bertz CT molecular complexity index is 868. The van der Waals surface area contributed by atoms with Crippen LogP contribution in [0.2, 0.25) is 0 Å². The topological polar surface area (TPSA) is 64.4 Å². The van der Waals surface area contributed by atoms with E-state index in [-0.39, 0.29) is 5.56 Å². The highest BCUT2D eigenvalue weighted by Crippen LogP contribution is 2.22. The minimum atomic E-state index is -0.955. The van der Waals surface area contributed by atoms with Gasteiger partial charge < -0.3 is 14.4 Å². The standard InChI is InChI=1S/C19H20N2O3/c1-13(2)18-20-16-8-3-4-9-17(16)21(18)10-11-24-15-7-5-6-14(12-15)19(22)23/h3-9,12-13H,10-11H2,1-2H3,(H,22,23). The van der Waals surface area contributed by atoms with Crippen LogP contribution >= 0.6 is 0 Å². The number of aromatic carboxylic acids is 1. The number of hydrogen-bond acceptors (Lipinski definition) is 3. The highest BCUT2D eigenvalue weighted by atomic mass is 16.5. The van der Waals surface area contributed by atoms with Gasteiger partial charge in [-0.15, -0.1) is 0 Å². The second-order valence-electron chi connectivity index (χ2n) is 5.95. The molecule has 0 unspecified atom stereocenters. The molecular formula is C19H20N2O3. The van der Waals surface area contributed by atoms with Gasteiger partial charge in [-0.1, -0.05) is 32.0 Å². The number of carboxylic acids is 1. The lowest BCUT2D eigenvalue weighted by atomic mass is 10.2. The van der Waals surface area contributed by atoms with Crippen LogP contribution in [0.15, 0.2) is 48.5 Å². The monoisotopic (exact) mass is 324 g/mol. The Balaban J connectivity index is 1.77. The Labute approximate surface area is 140 Å². The number of aromatic nitrogens is 2. The maximum absolute atomic E-state index is 11.0. The van der Waals surface area contributed by atoms with E-state index in [1.807, 2.05) is 18.2 Å². The van der Waals surface area contributed by atoms with Crippen molar-refractivity contribution >= 4 is 17.0 Å². The number of ether oxygens (including phenoxy) is 1. The second kappa shape index (κ2) is 6.74. The highest BCUT2D eigenvalue weighted by Gasteiger charge is 2.13. The van der Waals surface area contributed by atoms with Crippen LogP contribution < -0.4 is 4.74 Å². The molecule has 0 aliphatic carbocycles. The molecule has 124 valence electrons. The number of hydrogen-bond donors (Lipinski definition) is 1. The van der Waals surface area contributed by atoms with Crippen molar-refractivity contribution in [2.24, 2.45) is 0 Å². The number of para-hydroxylation sites is 2. The molecule has 0 amide bonds. The van der Waals surface area contributed by atoms with E-state index in [1.54, 1.807) is 18.2 Å². The molecule has 0 bridgehead atoms. The molecular weight excluding hydrogens is 304 g/mol. The fourth-order valence-corrected chi connectivity index (χ4v) is 2.74. The van der Waals surface area contributed by atoms with E-state index in [2.05, 4.69) is 24.5 Å². The van der Waals surface area contributed by atoms with E-state index in [0.717, 1.165) is 16.9 Å². The summed E-state index contributed by atoms with van der Waals surface area (Å²) in [5, 5.41) is 9.03. The van der Waals surface area contributed by atoms with E-state index in [0.29, 0.717) is 24.8 Å². The first-order valence-electron chi connectivity index (χ1n) is 7.97. The van der Waals surface area contributed by atoms with Crippen LogP contribution in [0.25, 0.3) is 11.0 Å². The Morgan fingerprint density at radius 2 is 2.00 bits per heavy atom. The van der Waals surface area contributed by atoms with Gasteiger partial charge in [0.2, 0.25) is 0 Å². The summed E-state index contributed by atoms with van der Waals surface area (Å²) in [6, 6.07) is 14.6.